The number of nitrogens with one attached hydrogen (secondary N) is 1. The molecule has 0 radical (unpaired) electrons. The van der Waals surface area contributed by atoms with Crippen LogP contribution >= 0.6 is 0 Å². The molecular formula is C23H24N4O4S. The van der Waals surface area contributed by atoms with Gasteiger partial charge in [-0.05, 0) is 44.0 Å². The third kappa shape index (κ3) is 4.63. The number of carbonyl (C=O) groups excluding carboxylic acids is 2. The van der Waals surface area contributed by atoms with E-state index in [1.165, 1.54) is 35.5 Å². The van der Waals surface area contributed by atoms with Crippen molar-refractivity contribution < 1.29 is 18.0 Å². The Kier molecular flexibility index (Phi) is 6.20. The Morgan fingerprint density at radius 3 is 2.25 bits per heavy atom. The largest absolute Gasteiger partial charge is 0.309 e. The normalized spacial score (nSPS) is 15.4. The lowest BCUT2D eigenvalue weighted by Gasteiger charge is -2.30. The zero-order chi connectivity index (χ0) is 22.7. The molecule has 2 aromatic carbocycles. The molecule has 1 aliphatic heterocycles. The van der Waals surface area contributed by atoms with Gasteiger partial charge in [0.2, 0.25) is 15.9 Å². The van der Waals surface area contributed by atoms with Gasteiger partial charge >= 0.3 is 0 Å². The van der Waals surface area contributed by atoms with Gasteiger partial charge in [0.15, 0.2) is 11.6 Å². The smallest absolute Gasteiger partial charge is 0.243 e. The number of ketones is 1. The highest BCUT2D eigenvalue weighted by Gasteiger charge is 2.32. The zero-order valence-corrected chi connectivity index (χ0v) is 18.5. The Hall–Kier alpha value is -3.30. The molecule has 0 bridgehead atoms. The minimum atomic E-state index is -3.67. The molecule has 1 N–H and O–H groups in total. The fraction of sp³-hybridized carbons (Fsp3) is 0.261. The first-order valence-corrected chi connectivity index (χ1v) is 11.8. The lowest BCUT2D eigenvalue weighted by atomic mass is 9.97. The van der Waals surface area contributed by atoms with E-state index in [0.717, 1.165) is 5.69 Å². The van der Waals surface area contributed by atoms with Gasteiger partial charge in [0.05, 0.1) is 10.6 Å². The van der Waals surface area contributed by atoms with E-state index >= 15 is 0 Å². The van der Waals surface area contributed by atoms with Crippen LogP contribution in [0.25, 0.3) is 5.69 Å². The summed E-state index contributed by atoms with van der Waals surface area (Å²) in [6.45, 7) is 1.95. The molecule has 1 aliphatic rings. The molecule has 0 unspecified atom stereocenters. The first-order valence-electron chi connectivity index (χ1n) is 10.4. The fourth-order valence-electron chi connectivity index (χ4n) is 3.71. The number of amides is 1. The molecule has 2 heterocycles. The average molecular weight is 453 g/mol. The first kappa shape index (κ1) is 21.9. The lowest BCUT2D eigenvalue weighted by molar-refractivity contribution is -0.120. The van der Waals surface area contributed by atoms with Gasteiger partial charge in [0, 0.05) is 36.8 Å². The zero-order valence-electron chi connectivity index (χ0n) is 17.6. The van der Waals surface area contributed by atoms with E-state index in [1.54, 1.807) is 16.9 Å². The highest BCUT2D eigenvalue weighted by molar-refractivity contribution is 7.89. The SMILES string of the molecule is CC(=O)c1ccc(S(=O)(=O)N2CCC(C(=O)Nc3ccn(-c4ccccc4)n3)CC2)cc1. The molecule has 3 aromatic rings. The van der Waals surface area contributed by atoms with E-state index in [9.17, 15) is 18.0 Å². The Bertz CT molecular complexity index is 1210. The van der Waals surface area contributed by atoms with Crippen LogP contribution in [0, 0.1) is 5.92 Å². The second kappa shape index (κ2) is 9.05. The molecular weight excluding hydrogens is 428 g/mol. The van der Waals surface area contributed by atoms with E-state index < -0.39 is 10.0 Å². The second-order valence-corrected chi connectivity index (χ2v) is 9.67. The summed E-state index contributed by atoms with van der Waals surface area (Å²) in [5.41, 5.74) is 1.36. The third-order valence-electron chi connectivity index (χ3n) is 5.58. The van der Waals surface area contributed by atoms with E-state index in [1.807, 2.05) is 30.3 Å². The molecule has 4 rings (SSSR count). The molecule has 9 heteroatoms. The Labute approximate surface area is 186 Å². The molecule has 0 aliphatic carbocycles. The summed E-state index contributed by atoms with van der Waals surface area (Å²) in [7, 11) is -3.67. The molecule has 0 saturated carbocycles. The van der Waals surface area contributed by atoms with Crippen LogP contribution in [0.4, 0.5) is 5.82 Å². The number of sulfonamides is 1. The van der Waals surface area contributed by atoms with Crippen molar-refractivity contribution in [1.29, 1.82) is 0 Å². The number of para-hydroxylation sites is 1. The van der Waals surface area contributed by atoms with Crippen molar-refractivity contribution in [2.45, 2.75) is 24.7 Å². The minimum Gasteiger partial charge on any atom is -0.309 e. The Morgan fingerprint density at radius 2 is 1.62 bits per heavy atom. The summed E-state index contributed by atoms with van der Waals surface area (Å²) >= 11 is 0. The van der Waals surface area contributed by atoms with Crippen LogP contribution in [0.2, 0.25) is 0 Å². The van der Waals surface area contributed by atoms with Crippen molar-refractivity contribution in [3.8, 4) is 5.69 Å². The number of hydrogen-bond acceptors (Lipinski definition) is 5. The lowest BCUT2D eigenvalue weighted by Crippen LogP contribution is -2.41. The molecule has 166 valence electrons. The molecule has 32 heavy (non-hydrogen) atoms. The number of aromatic nitrogens is 2. The van der Waals surface area contributed by atoms with Crippen molar-refractivity contribution in [1.82, 2.24) is 14.1 Å². The summed E-state index contributed by atoms with van der Waals surface area (Å²) in [5, 5.41) is 7.22. The van der Waals surface area contributed by atoms with Crippen molar-refractivity contribution >= 4 is 27.5 Å². The van der Waals surface area contributed by atoms with Crippen LogP contribution in [0.15, 0.2) is 71.8 Å². The maximum absolute atomic E-state index is 12.9. The number of hydrogen-bond donors (Lipinski definition) is 1. The summed E-state index contributed by atoms with van der Waals surface area (Å²) in [5.74, 6) is -0.108. The maximum Gasteiger partial charge on any atom is 0.243 e. The number of anilines is 1. The van der Waals surface area contributed by atoms with Crippen molar-refractivity contribution in [3.63, 3.8) is 0 Å². The quantitative estimate of drug-likeness (QED) is 0.579. The monoisotopic (exact) mass is 452 g/mol. The third-order valence-corrected chi connectivity index (χ3v) is 7.50. The molecule has 1 aromatic heterocycles. The predicted molar refractivity (Wildman–Crippen MR) is 120 cm³/mol. The Balaban J connectivity index is 1.35. The molecule has 8 nitrogen and oxygen atoms in total. The van der Waals surface area contributed by atoms with Gasteiger partial charge in [-0.15, -0.1) is 0 Å². The van der Waals surface area contributed by atoms with Gasteiger partial charge in [-0.3, -0.25) is 9.59 Å². The number of nitrogens with zero attached hydrogens (tertiary/aromatic N) is 3. The van der Waals surface area contributed by atoms with Gasteiger partial charge in [0.25, 0.3) is 0 Å². The van der Waals surface area contributed by atoms with Crippen LogP contribution in [0.3, 0.4) is 0 Å². The summed E-state index contributed by atoms with van der Waals surface area (Å²) < 4.78 is 28.9. The highest BCUT2D eigenvalue weighted by Crippen LogP contribution is 2.25. The van der Waals surface area contributed by atoms with E-state index in [4.69, 9.17) is 0 Å². The van der Waals surface area contributed by atoms with Crippen LogP contribution in [-0.2, 0) is 14.8 Å². The molecule has 0 spiro atoms. The highest BCUT2D eigenvalue weighted by atomic mass is 32.2. The molecule has 1 saturated heterocycles. The second-order valence-electron chi connectivity index (χ2n) is 7.73. The van der Waals surface area contributed by atoms with Gasteiger partial charge in [-0.25, -0.2) is 13.1 Å². The molecule has 1 amide bonds. The fourth-order valence-corrected chi connectivity index (χ4v) is 5.18. The average Bonchev–Trinajstić information content (AvgIpc) is 3.28. The van der Waals surface area contributed by atoms with Gasteiger partial charge in [-0.2, -0.15) is 9.40 Å². The van der Waals surface area contributed by atoms with Gasteiger partial charge in [0.1, 0.15) is 0 Å². The summed E-state index contributed by atoms with van der Waals surface area (Å²) in [4.78, 5) is 24.2. The number of Topliss-reactive ketones (excluding diaryl/α,β-unsaturated/α-hetero) is 1. The maximum atomic E-state index is 12.9. The van der Waals surface area contributed by atoms with Crippen LogP contribution in [0.1, 0.15) is 30.1 Å². The summed E-state index contributed by atoms with van der Waals surface area (Å²) in [6, 6.07) is 17.3. The topological polar surface area (TPSA) is 101 Å². The van der Waals surface area contributed by atoms with E-state index in [-0.39, 0.29) is 35.6 Å². The first-order chi connectivity index (χ1) is 15.3. The van der Waals surface area contributed by atoms with Crippen LogP contribution in [-0.4, -0.2) is 47.3 Å². The van der Waals surface area contributed by atoms with Gasteiger partial charge in [-0.1, -0.05) is 30.3 Å². The van der Waals surface area contributed by atoms with Crippen molar-refractivity contribution in [2.75, 3.05) is 18.4 Å². The summed E-state index contributed by atoms with van der Waals surface area (Å²) in [6.07, 6.45) is 2.63. The number of rotatable bonds is 6. The molecule has 1 fully saturated rings. The number of piperidine rings is 1. The predicted octanol–water partition coefficient (Wildman–Crippen LogP) is 3.11. The Morgan fingerprint density at radius 1 is 0.969 bits per heavy atom. The van der Waals surface area contributed by atoms with E-state index in [0.29, 0.717) is 24.2 Å². The van der Waals surface area contributed by atoms with Crippen molar-refractivity contribution in [2.24, 2.45) is 5.92 Å². The van der Waals surface area contributed by atoms with Crippen molar-refractivity contribution in [3.05, 3.63) is 72.4 Å². The van der Waals surface area contributed by atoms with Crippen LogP contribution < -0.4 is 5.32 Å². The van der Waals surface area contributed by atoms with Gasteiger partial charge < -0.3 is 5.32 Å². The van der Waals surface area contributed by atoms with Crippen LogP contribution in [0.5, 0.6) is 0 Å². The number of benzene rings is 2. The van der Waals surface area contributed by atoms with E-state index in [2.05, 4.69) is 10.4 Å². The minimum absolute atomic E-state index is 0.116. The number of carbonyl (C=O) groups is 2. The standard InChI is InChI=1S/C23H24N4O4S/c1-17(28)18-7-9-21(10-8-18)32(30,31)26-14-11-19(12-15-26)23(29)24-22-13-16-27(25-22)20-5-3-2-4-6-20/h2-10,13,16,19H,11-12,14-15H2,1H3,(H,24,25,29). The molecule has 0 atom stereocenters.